The Morgan fingerprint density at radius 1 is 1.21 bits per heavy atom. The first-order valence-electron chi connectivity index (χ1n) is 10.1. The van der Waals surface area contributed by atoms with Crippen molar-refractivity contribution in [1.82, 2.24) is 9.97 Å². The number of nitrogens with one attached hydrogen (secondary N) is 1. The van der Waals surface area contributed by atoms with Crippen LogP contribution in [0.5, 0.6) is 0 Å². The lowest BCUT2D eigenvalue weighted by Gasteiger charge is -2.21. The minimum absolute atomic E-state index is 0.00889. The number of ketones is 1. The normalized spacial score (nSPS) is 11.4. The second-order valence-electron chi connectivity index (χ2n) is 8.57. The Labute approximate surface area is 201 Å². The van der Waals surface area contributed by atoms with E-state index in [0.29, 0.717) is 5.69 Å². The first kappa shape index (κ1) is 26.5. The highest BCUT2D eigenvalue weighted by Gasteiger charge is 2.28. The molecule has 0 aliphatic carbocycles. The Morgan fingerprint density at radius 3 is 2.39 bits per heavy atom. The second kappa shape index (κ2) is 10.4. The highest BCUT2D eigenvalue weighted by Crippen LogP contribution is 2.32. The van der Waals surface area contributed by atoms with Gasteiger partial charge in [0, 0.05) is 12.0 Å². The highest BCUT2D eigenvalue weighted by atomic mass is 35.5. The molecular weight excluding hydrogens is 474 g/mol. The molecule has 2 heterocycles. The summed E-state index contributed by atoms with van der Waals surface area (Å²) >= 11 is 11.7. The van der Waals surface area contributed by atoms with Crippen LogP contribution in [0, 0.1) is 5.82 Å². The quantitative estimate of drug-likeness (QED) is 0.312. The van der Waals surface area contributed by atoms with Gasteiger partial charge in [0.25, 0.3) is 0 Å². The Morgan fingerprint density at radius 2 is 1.85 bits per heavy atom. The number of amides is 2. The van der Waals surface area contributed by atoms with Gasteiger partial charge in [-0.05, 0) is 44.7 Å². The van der Waals surface area contributed by atoms with Crippen LogP contribution in [0.25, 0.3) is 0 Å². The molecule has 0 saturated carbocycles. The van der Waals surface area contributed by atoms with Gasteiger partial charge in [-0.2, -0.15) is 0 Å². The maximum absolute atomic E-state index is 14.1. The lowest BCUT2D eigenvalue weighted by molar-refractivity contribution is -0.154. The minimum atomic E-state index is -0.926. The van der Waals surface area contributed by atoms with Crippen LogP contribution in [0.2, 0.25) is 10.3 Å². The zero-order chi connectivity index (χ0) is 25.1. The maximum atomic E-state index is 14.1. The Hall–Kier alpha value is -2.78. The van der Waals surface area contributed by atoms with E-state index in [9.17, 15) is 18.8 Å². The van der Waals surface area contributed by atoms with Crippen LogP contribution in [0.3, 0.4) is 0 Å². The van der Waals surface area contributed by atoms with E-state index in [-0.39, 0.29) is 46.3 Å². The fourth-order valence-electron chi connectivity index (χ4n) is 3.12. The van der Waals surface area contributed by atoms with Crippen molar-refractivity contribution in [1.29, 1.82) is 0 Å². The predicted octanol–water partition coefficient (Wildman–Crippen LogP) is 5.04. The molecular formula is C22H25Cl2FN4O4. The molecule has 0 aromatic carbocycles. The third kappa shape index (κ3) is 6.85. The number of pyridine rings is 2. The van der Waals surface area contributed by atoms with Crippen molar-refractivity contribution >= 4 is 46.7 Å². The Kier molecular flexibility index (Phi) is 8.37. The summed E-state index contributed by atoms with van der Waals surface area (Å²) in [6.07, 6.45) is 1.26. The molecule has 178 valence electrons. The zero-order valence-corrected chi connectivity index (χ0v) is 20.4. The largest absolute Gasteiger partial charge is 0.460 e. The summed E-state index contributed by atoms with van der Waals surface area (Å²) in [6.45, 7) is 8.80. The fraction of sp³-hybridized carbons (Fsp3) is 0.409. The lowest BCUT2D eigenvalue weighted by Crippen LogP contribution is -2.25. The maximum Gasteiger partial charge on any atom is 0.316 e. The van der Waals surface area contributed by atoms with E-state index < -0.39 is 34.4 Å². The van der Waals surface area contributed by atoms with Crippen LogP contribution in [0.15, 0.2) is 12.3 Å². The molecule has 33 heavy (non-hydrogen) atoms. The molecule has 2 aromatic rings. The van der Waals surface area contributed by atoms with Crippen molar-refractivity contribution in [2.45, 2.75) is 59.0 Å². The van der Waals surface area contributed by atoms with Crippen molar-refractivity contribution in [2.24, 2.45) is 5.73 Å². The predicted molar refractivity (Wildman–Crippen MR) is 123 cm³/mol. The van der Waals surface area contributed by atoms with Crippen molar-refractivity contribution in [3.05, 3.63) is 50.8 Å². The van der Waals surface area contributed by atoms with Gasteiger partial charge in [0.2, 0.25) is 0 Å². The number of esters is 1. The number of hydrogen-bond acceptors (Lipinski definition) is 6. The summed E-state index contributed by atoms with van der Waals surface area (Å²) < 4.78 is 19.4. The van der Waals surface area contributed by atoms with Gasteiger partial charge in [-0.25, -0.2) is 14.2 Å². The molecule has 2 amide bonds. The number of rotatable bonds is 7. The first-order chi connectivity index (χ1) is 15.2. The number of anilines is 1. The van der Waals surface area contributed by atoms with E-state index >= 15 is 0 Å². The van der Waals surface area contributed by atoms with E-state index in [1.165, 1.54) is 6.20 Å². The van der Waals surface area contributed by atoms with Crippen molar-refractivity contribution in [2.75, 3.05) is 5.32 Å². The SMILES string of the molecule is CC(C)c1ncc(NC(N)=O)c(CCC(=O)OC(C)(C)C)c1C(=O)c1cc(F)c(Cl)nc1Cl. The Bertz CT molecular complexity index is 1100. The molecule has 11 heteroatoms. The van der Waals surface area contributed by atoms with Crippen LogP contribution < -0.4 is 11.1 Å². The average molecular weight is 499 g/mol. The van der Waals surface area contributed by atoms with Gasteiger partial charge in [0.15, 0.2) is 16.8 Å². The van der Waals surface area contributed by atoms with Gasteiger partial charge in [-0.1, -0.05) is 37.0 Å². The number of nitrogens with zero attached hydrogens (tertiary/aromatic N) is 2. The molecule has 0 bridgehead atoms. The number of ether oxygens (including phenoxy) is 1. The highest BCUT2D eigenvalue weighted by molar-refractivity contribution is 6.35. The molecule has 8 nitrogen and oxygen atoms in total. The number of carbonyl (C=O) groups is 3. The molecule has 2 aromatic heterocycles. The number of nitrogens with two attached hydrogens (primary N) is 1. The van der Waals surface area contributed by atoms with E-state index in [4.69, 9.17) is 33.7 Å². The zero-order valence-electron chi connectivity index (χ0n) is 18.9. The van der Waals surface area contributed by atoms with Gasteiger partial charge >= 0.3 is 12.0 Å². The molecule has 0 aliphatic heterocycles. The van der Waals surface area contributed by atoms with Crippen molar-refractivity contribution in [3.8, 4) is 0 Å². The summed E-state index contributed by atoms with van der Waals surface area (Å²) in [5.74, 6) is -2.36. The number of urea groups is 1. The molecule has 0 saturated heterocycles. The van der Waals surface area contributed by atoms with Crippen molar-refractivity contribution in [3.63, 3.8) is 0 Å². The van der Waals surface area contributed by atoms with Gasteiger partial charge < -0.3 is 15.8 Å². The summed E-state index contributed by atoms with van der Waals surface area (Å²) in [5, 5.41) is 1.64. The molecule has 2 rings (SSSR count). The molecule has 0 fully saturated rings. The smallest absolute Gasteiger partial charge is 0.316 e. The molecule has 0 radical (unpaired) electrons. The molecule has 0 unspecified atom stereocenters. The van der Waals surface area contributed by atoms with E-state index in [0.717, 1.165) is 6.07 Å². The van der Waals surface area contributed by atoms with Crippen molar-refractivity contribution < 1.29 is 23.5 Å². The fourth-order valence-corrected chi connectivity index (χ4v) is 3.52. The number of aromatic nitrogens is 2. The first-order valence-corrected chi connectivity index (χ1v) is 10.8. The third-order valence-electron chi connectivity index (χ3n) is 4.38. The summed E-state index contributed by atoms with van der Waals surface area (Å²) in [7, 11) is 0. The molecule has 0 aliphatic rings. The van der Waals surface area contributed by atoms with E-state index in [1.54, 1.807) is 34.6 Å². The number of halogens is 3. The van der Waals surface area contributed by atoms with E-state index in [1.807, 2.05) is 0 Å². The van der Waals surface area contributed by atoms with E-state index in [2.05, 4.69) is 15.3 Å². The van der Waals surface area contributed by atoms with Crippen LogP contribution in [-0.2, 0) is 16.0 Å². The molecule has 0 atom stereocenters. The summed E-state index contributed by atoms with van der Waals surface area (Å²) in [4.78, 5) is 45.4. The molecule has 0 spiro atoms. The van der Waals surface area contributed by atoms with Gasteiger partial charge in [-0.15, -0.1) is 0 Å². The number of primary amides is 1. The lowest BCUT2D eigenvalue weighted by atomic mass is 9.90. The van der Waals surface area contributed by atoms with Gasteiger partial charge in [0.1, 0.15) is 10.8 Å². The van der Waals surface area contributed by atoms with Gasteiger partial charge in [0.05, 0.1) is 23.1 Å². The summed E-state index contributed by atoms with van der Waals surface area (Å²) in [6, 6.07) is -0.00102. The van der Waals surface area contributed by atoms with Crippen LogP contribution >= 0.6 is 23.2 Å². The van der Waals surface area contributed by atoms with Crippen LogP contribution in [-0.4, -0.2) is 33.4 Å². The number of carbonyl (C=O) groups excluding carboxylic acids is 3. The number of hydrogen-bond donors (Lipinski definition) is 2. The van der Waals surface area contributed by atoms with Crippen LogP contribution in [0.4, 0.5) is 14.9 Å². The topological polar surface area (TPSA) is 124 Å². The molecule has 3 N–H and O–H groups in total. The summed E-state index contributed by atoms with van der Waals surface area (Å²) in [5.41, 5.74) is 5.18. The minimum Gasteiger partial charge on any atom is -0.460 e. The Balaban J connectivity index is 2.67. The average Bonchev–Trinajstić information content (AvgIpc) is 2.66. The monoisotopic (exact) mass is 498 g/mol. The van der Waals surface area contributed by atoms with Gasteiger partial charge in [-0.3, -0.25) is 14.6 Å². The van der Waals surface area contributed by atoms with Crippen LogP contribution in [0.1, 0.15) is 74.1 Å². The second-order valence-corrected chi connectivity index (χ2v) is 9.29. The third-order valence-corrected chi connectivity index (χ3v) is 4.93. The standard InChI is InChI=1S/C22H25Cl2FN4O4/c1-10(2)17-16(18(31)12-8-13(25)20(24)29-19(12)23)11(14(9-27-17)28-21(26)32)6-7-15(30)33-22(3,4)5/h8-10H,6-7H2,1-5H3,(H3,26,28,32).